The molecule has 0 unspecified atom stereocenters. The molecule has 1 aliphatic heterocycles. The van der Waals surface area contributed by atoms with E-state index in [-0.39, 0.29) is 6.61 Å². The number of nitrogens with zero attached hydrogens (tertiary/aromatic N) is 1. The van der Waals surface area contributed by atoms with Crippen molar-refractivity contribution in [3.8, 4) is 5.75 Å². The number of benzene rings is 1. The quantitative estimate of drug-likeness (QED) is 0.817. The highest BCUT2D eigenvalue weighted by Crippen LogP contribution is 2.23. The van der Waals surface area contributed by atoms with Crippen molar-refractivity contribution in [3.63, 3.8) is 0 Å². The number of hydrogen-bond donors (Lipinski definition) is 1. The number of hydrogen-bond acceptors (Lipinski definition) is 2. The minimum absolute atomic E-state index is 0.281. The zero-order valence-corrected chi connectivity index (χ0v) is 13.6. The summed E-state index contributed by atoms with van der Waals surface area (Å²) in [4.78, 5) is 0. The highest BCUT2D eigenvalue weighted by Gasteiger charge is 2.28. The van der Waals surface area contributed by atoms with Gasteiger partial charge in [-0.05, 0) is 50.7 Å². The lowest BCUT2D eigenvalue weighted by molar-refractivity contribution is -0.927. The molecule has 0 aromatic heterocycles. The van der Waals surface area contributed by atoms with Gasteiger partial charge in [-0.25, -0.2) is 0 Å². The Kier molecular flexibility index (Phi) is 6.07. The van der Waals surface area contributed by atoms with Crippen LogP contribution in [0.2, 0.25) is 0 Å². The van der Waals surface area contributed by atoms with Crippen LogP contribution < -0.4 is 4.74 Å². The van der Waals surface area contributed by atoms with E-state index >= 15 is 0 Å². The summed E-state index contributed by atoms with van der Waals surface area (Å²) in [5, 5.41) is 9.42. The molecule has 0 atom stereocenters. The average molecular weight is 292 g/mol. The van der Waals surface area contributed by atoms with E-state index in [1.54, 1.807) is 0 Å². The Morgan fingerprint density at radius 3 is 2.19 bits per heavy atom. The Bertz CT molecular complexity index is 417. The second-order valence-electron chi connectivity index (χ2n) is 6.44. The number of rotatable bonds is 6. The van der Waals surface area contributed by atoms with Gasteiger partial charge in [-0.3, -0.25) is 0 Å². The number of aliphatic hydroxyl groups is 1. The summed E-state index contributed by atoms with van der Waals surface area (Å²) in [5.41, 5.74) is 2.42. The number of para-hydroxylation sites is 1. The van der Waals surface area contributed by atoms with Crippen LogP contribution in [-0.4, -0.2) is 49.0 Å². The maximum Gasteiger partial charge on any atom is 0.137 e. The summed E-state index contributed by atoms with van der Waals surface area (Å²) in [6.07, 6.45) is 5.24. The predicted molar refractivity (Wildman–Crippen MR) is 86.7 cm³/mol. The van der Waals surface area contributed by atoms with E-state index in [0.29, 0.717) is 0 Å². The molecule has 0 spiro atoms. The van der Waals surface area contributed by atoms with Crippen LogP contribution in [0.4, 0.5) is 0 Å². The zero-order chi connectivity index (χ0) is 15.1. The predicted octanol–water partition coefficient (Wildman–Crippen LogP) is 3.07. The number of likely N-dealkylation sites (tertiary alicyclic amines) is 1. The Morgan fingerprint density at radius 2 is 1.62 bits per heavy atom. The lowest BCUT2D eigenvalue weighted by Gasteiger charge is -2.37. The van der Waals surface area contributed by atoms with Crippen molar-refractivity contribution in [2.75, 3.05) is 39.4 Å². The van der Waals surface area contributed by atoms with Crippen molar-refractivity contribution in [1.29, 1.82) is 0 Å². The average Bonchev–Trinajstić information content (AvgIpc) is 2.69. The first-order valence-electron chi connectivity index (χ1n) is 8.32. The van der Waals surface area contributed by atoms with Gasteiger partial charge >= 0.3 is 0 Å². The lowest BCUT2D eigenvalue weighted by Crippen LogP contribution is -2.52. The Hall–Kier alpha value is -1.06. The molecule has 1 aromatic carbocycles. The molecule has 0 aliphatic carbocycles. The van der Waals surface area contributed by atoms with E-state index in [2.05, 4.69) is 32.0 Å². The Labute approximate surface area is 129 Å². The summed E-state index contributed by atoms with van der Waals surface area (Å²) in [5.74, 6) is 1.04. The van der Waals surface area contributed by atoms with Crippen molar-refractivity contribution in [1.82, 2.24) is 0 Å². The van der Waals surface area contributed by atoms with Crippen LogP contribution in [0.3, 0.4) is 0 Å². The van der Waals surface area contributed by atoms with Crippen LogP contribution in [-0.2, 0) is 0 Å². The molecule has 0 radical (unpaired) electrons. The van der Waals surface area contributed by atoms with E-state index in [1.165, 1.54) is 49.9 Å². The second-order valence-corrected chi connectivity index (χ2v) is 6.44. The zero-order valence-electron chi connectivity index (χ0n) is 13.6. The molecule has 118 valence electrons. The van der Waals surface area contributed by atoms with Gasteiger partial charge in [-0.15, -0.1) is 0 Å². The molecule has 0 amide bonds. The number of aryl methyl sites for hydroxylation is 2. The fourth-order valence-corrected chi connectivity index (χ4v) is 3.50. The van der Waals surface area contributed by atoms with Crippen LogP contribution in [0, 0.1) is 13.8 Å². The van der Waals surface area contributed by atoms with Gasteiger partial charge in [0.05, 0.1) is 19.7 Å². The van der Waals surface area contributed by atoms with Crippen LogP contribution in [0.5, 0.6) is 5.75 Å². The summed E-state index contributed by atoms with van der Waals surface area (Å²) in [6.45, 7) is 9.49. The monoisotopic (exact) mass is 292 g/mol. The van der Waals surface area contributed by atoms with E-state index in [4.69, 9.17) is 4.74 Å². The van der Waals surface area contributed by atoms with Crippen LogP contribution in [0.1, 0.15) is 36.8 Å². The maximum absolute atomic E-state index is 9.42. The van der Waals surface area contributed by atoms with E-state index in [9.17, 15) is 5.11 Å². The minimum atomic E-state index is 0.281. The first kappa shape index (κ1) is 16.3. The van der Waals surface area contributed by atoms with Crippen molar-refractivity contribution >= 4 is 0 Å². The van der Waals surface area contributed by atoms with Gasteiger partial charge in [0, 0.05) is 0 Å². The van der Waals surface area contributed by atoms with E-state index in [0.717, 1.165) is 29.9 Å². The minimum Gasteiger partial charge on any atom is -0.487 e. The van der Waals surface area contributed by atoms with Crippen molar-refractivity contribution in [2.45, 2.75) is 39.5 Å². The molecule has 1 heterocycles. The normalized spacial score (nSPS) is 18.2. The lowest BCUT2D eigenvalue weighted by atomic mass is 10.1. The maximum atomic E-state index is 9.42. The van der Waals surface area contributed by atoms with Gasteiger partial charge in [-0.1, -0.05) is 18.2 Å². The summed E-state index contributed by atoms with van der Waals surface area (Å²) < 4.78 is 7.11. The SMILES string of the molecule is Cc1cccc(C)c1OCC[N+]1(CCO)CCCCCC1. The standard InChI is InChI=1S/C18H30NO2/c1-16-8-7-9-17(2)18(16)21-15-13-19(12-14-20)10-5-3-4-6-11-19/h7-9,20H,3-6,10-15H2,1-2H3/q+1. The molecule has 1 fully saturated rings. The molecule has 1 saturated heterocycles. The molecular weight excluding hydrogens is 262 g/mol. The molecular formula is C18H30NO2+. The molecule has 1 aromatic rings. The first-order valence-corrected chi connectivity index (χ1v) is 8.32. The molecule has 3 heteroatoms. The van der Waals surface area contributed by atoms with Crippen LogP contribution in [0.25, 0.3) is 0 Å². The molecule has 0 saturated carbocycles. The van der Waals surface area contributed by atoms with Gasteiger partial charge in [-0.2, -0.15) is 0 Å². The van der Waals surface area contributed by atoms with Gasteiger partial charge in [0.25, 0.3) is 0 Å². The molecule has 2 rings (SSSR count). The topological polar surface area (TPSA) is 29.5 Å². The van der Waals surface area contributed by atoms with Gasteiger partial charge in [0.2, 0.25) is 0 Å². The van der Waals surface area contributed by atoms with Gasteiger partial charge in [0.15, 0.2) is 0 Å². The highest BCUT2D eigenvalue weighted by molar-refractivity contribution is 5.39. The second kappa shape index (κ2) is 7.81. The highest BCUT2D eigenvalue weighted by atomic mass is 16.5. The summed E-state index contributed by atoms with van der Waals surface area (Å²) >= 11 is 0. The smallest absolute Gasteiger partial charge is 0.137 e. The van der Waals surface area contributed by atoms with Crippen molar-refractivity contribution in [2.24, 2.45) is 0 Å². The van der Waals surface area contributed by atoms with Gasteiger partial charge < -0.3 is 14.3 Å². The Morgan fingerprint density at radius 1 is 1.00 bits per heavy atom. The largest absolute Gasteiger partial charge is 0.487 e. The third kappa shape index (κ3) is 4.45. The third-order valence-electron chi connectivity index (χ3n) is 4.81. The van der Waals surface area contributed by atoms with Crippen molar-refractivity contribution in [3.05, 3.63) is 29.3 Å². The van der Waals surface area contributed by atoms with Gasteiger partial charge in [0.1, 0.15) is 25.4 Å². The third-order valence-corrected chi connectivity index (χ3v) is 4.81. The fourth-order valence-electron chi connectivity index (χ4n) is 3.50. The number of aliphatic hydroxyl groups excluding tert-OH is 1. The molecule has 1 N–H and O–H groups in total. The van der Waals surface area contributed by atoms with Crippen LogP contribution in [0.15, 0.2) is 18.2 Å². The molecule has 21 heavy (non-hydrogen) atoms. The van der Waals surface area contributed by atoms with E-state index < -0.39 is 0 Å². The Balaban J connectivity index is 1.95. The molecule has 0 bridgehead atoms. The number of ether oxygens (including phenoxy) is 1. The molecule has 1 aliphatic rings. The summed E-state index contributed by atoms with van der Waals surface area (Å²) in [6, 6.07) is 6.28. The summed E-state index contributed by atoms with van der Waals surface area (Å²) in [7, 11) is 0. The number of quaternary nitrogens is 1. The van der Waals surface area contributed by atoms with Crippen molar-refractivity contribution < 1.29 is 14.3 Å². The molecule has 3 nitrogen and oxygen atoms in total. The van der Waals surface area contributed by atoms with Crippen LogP contribution >= 0.6 is 0 Å². The first-order chi connectivity index (χ1) is 10.2. The van der Waals surface area contributed by atoms with E-state index in [1.807, 2.05) is 0 Å². The fraction of sp³-hybridized carbons (Fsp3) is 0.667.